The van der Waals surface area contributed by atoms with Gasteiger partial charge in [0.15, 0.2) is 11.9 Å². The number of hydrogen-bond acceptors (Lipinski definition) is 5. The molecule has 0 spiro atoms. The Morgan fingerprint density at radius 2 is 1.78 bits per heavy atom. The fourth-order valence-electron chi connectivity index (χ4n) is 7.55. The van der Waals surface area contributed by atoms with Gasteiger partial charge in [-0.1, -0.05) is 59.8 Å². The second kappa shape index (κ2) is 13.0. The second-order valence-corrected chi connectivity index (χ2v) is 13.2. The maximum atomic E-state index is 9.20. The molecule has 37 heavy (non-hydrogen) atoms. The zero-order chi connectivity index (χ0) is 26.5. The molecule has 7 heteroatoms. The van der Waals surface area contributed by atoms with Gasteiger partial charge in [-0.15, -0.1) is 0 Å². The number of nitrogens with zero attached hydrogens (tertiary/aromatic N) is 5. The van der Waals surface area contributed by atoms with E-state index in [2.05, 4.69) is 59.2 Å². The van der Waals surface area contributed by atoms with E-state index in [0.29, 0.717) is 36.0 Å². The molecule has 1 saturated carbocycles. The van der Waals surface area contributed by atoms with Gasteiger partial charge in [0.1, 0.15) is 0 Å². The first-order valence-electron chi connectivity index (χ1n) is 15.7. The molecule has 3 N–H and O–H groups in total. The molecule has 212 valence electrons. The van der Waals surface area contributed by atoms with E-state index in [1.165, 1.54) is 57.8 Å². The highest BCUT2D eigenvalue weighted by atomic mass is 15.5. The number of rotatable bonds is 13. The van der Waals surface area contributed by atoms with Crippen LogP contribution in [0, 0.1) is 23.2 Å². The van der Waals surface area contributed by atoms with Gasteiger partial charge in [-0.3, -0.25) is 15.3 Å². The van der Waals surface area contributed by atoms with Crippen molar-refractivity contribution >= 4 is 11.9 Å². The second-order valence-electron chi connectivity index (χ2n) is 13.2. The summed E-state index contributed by atoms with van der Waals surface area (Å²) in [6.45, 7) is 17.8. The lowest BCUT2D eigenvalue weighted by atomic mass is 9.97. The van der Waals surface area contributed by atoms with Crippen LogP contribution in [0.15, 0.2) is 4.99 Å². The van der Waals surface area contributed by atoms with Crippen molar-refractivity contribution in [2.24, 2.45) is 28.5 Å². The van der Waals surface area contributed by atoms with Gasteiger partial charge in [0.2, 0.25) is 0 Å². The molecule has 0 aromatic heterocycles. The first-order valence-corrected chi connectivity index (χ1v) is 15.7. The van der Waals surface area contributed by atoms with Crippen LogP contribution < -0.4 is 5.73 Å². The van der Waals surface area contributed by atoms with Gasteiger partial charge in [0.25, 0.3) is 0 Å². The number of aliphatic imine (C=N–C) groups is 1. The molecule has 1 aliphatic carbocycles. The zero-order valence-electron chi connectivity index (χ0n) is 24.7. The summed E-state index contributed by atoms with van der Waals surface area (Å²) in [6, 6.07) is 1.83. The first kappa shape index (κ1) is 28.5. The predicted octanol–water partition coefficient (Wildman–Crippen LogP) is 4.82. The van der Waals surface area contributed by atoms with Crippen LogP contribution in [0.2, 0.25) is 0 Å². The molecule has 4 rings (SSSR count). The molecule has 0 aromatic rings. The van der Waals surface area contributed by atoms with Gasteiger partial charge < -0.3 is 20.4 Å². The van der Waals surface area contributed by atoms with E-state index in [0.717, 1.165) is 63.5 Å². The molecule has 3 aliphatic heterocycles. The summed E-state index contributed by atoms with van der Waals surface area (Å²) >= 11 is 0. The van der Waals surface area contributed by atoms with Crippen molar-refractivity contribution in [3.63, 3.8) is 0 Å². The Bertz CT molecular complexity index is 761. The molecular formula is C30H57N7. The monoisotopic (exact) mass is 515 g/mol. The highest BCUT2D eigenvalue weighted by molar-refractivity contribution is 5.80. The highest BCUT2D eigenvalue weighted by Gasteiger charge is 2.40. The summed E-state index contributed by atoms with van der Waals surface area (Å²) in [5.74, 6) is 3.76. The molecule has 5 atom stereocenters. The van der Waals surface area contributed by atoms with E-state index in [9.17, 15) is 5.41 Å². The Hall–Kier alpha value is -1.50. The Labute approximate surface area is 227 Å². The van der Waals surface area contributed by atoms with Crippen molar-refractivity contribution < 1.29 is 0 Å². The number of likely N-dealkylation sites (tertiary alicyclic amines) is 1. The minimum absolute atomic E-state index is 0.357. The molecule has 7 nitrogen and oxygen atoms in total. The normalized spacial score (nSPS) is 29.2. The highest BCUT2D eigenvalue weighted by Crippen LogP contribution is 2.31. The Balaban J connectivity index is 1.34. The molecule has 0 bridgehead atoms. The predicted molar refractivity (Wildman–Crippen MR) is 156 cm³/mol. The molecule has 0 unspecified atom stereocenters. The number of nitrogens with one attached hydrogen (secondary N) is 1. The lowest BCUT2D eigenvalue weighted by Gasteiger charge is -2.36. The van der Waals surface area contributed by atoms with Crippen LogP contribution in [-0.4, -0.2) is 95.0 Å². The molecule has 0 amide bonds. The Kier molecular flexibility index (Phi) is 10.0. The van der Waals surface area contributed by atoms with Crippen molar-refractivity contribution in [2.75, 3.05) is 39.3 Å². The maximum absolute atomic E-state index is 9.20. The molecular weight excluding hydrogens is 458 g/mol. The van der Waals surface area contributed by atoms with Gasteiger partial charge in [0.05, 0.1) is 18.6 Å². The average molecular weight is 516 g/mol. The zero-order valence-corrected chi connectivity index (χ0v) is 24.7. The quantitative estimate of drug-likeness (QED) is 0.368. The summed E-state index contributed by atoms with van der Waals surface area (Å²) in [6.07, 6.45) is 13.2. The molecule has 3 fully saturated rings. The molecule has 3 heterocycles. The summed E-state index contributed by atoms with van der Waals surface area (Å²) in [5.41, 5.74) is 6.35. The van der Waals surface area contributed by atoms with E-state index < -0.39 is 0 Å². The number of guanidine groups is 2. The summed E-state index contributed by atoms with van der Waals surface area (Å²) in [7, 11) is 0. The van der Waals surface area contributed by atoms with Crippen molar-refractivity contribution in [1.82, 2.24) is 19.6 Å². The molecule has 0 aromatic carbocycles. The fraction of sp³-hybridized carbons (Fsp3) is 0.933. The van der Waals surface area contributed by atoms with Gasteiger partial charge in [-0.2, -0.15) is 0 Å². The van der Waals surface area contributed by atoms with E-state index in [1.807, 2.05) is 0 Å². The molecule has 2 saturated heterocycles. The first-order chi connectivity index (χ1) is 17.8. The van der Waals surface area contributed by atoms with Crippen molar-refractivity contribution in [3.8, 4) is 0 Å². The summed E-state index contributed by atoms with van der Waals surface area (Å²) < 4.78 is 0. The van der Waals surface area contributed by atoms with E-state index >= 15 is 0 Å². The average Bonchev–Trinajstić information content (AvgIpc) is 3.65. The Morgan fingerprint density at radius 3 is 2.49 bits per heavy atom. The standard InChI is InChI=1S/C30H57N7/c1-6-23(4)28-21-36(30(32)35(28)16-9-13-25-11-7-8-12-25)24(5)19-34-15-10-14-26(34)20-37-27(17-22(2)3)18-33-29(37)31/h22-28,32H,6-21H2,1-5H3,(H2,31,33)/t23-,24+,26+,27-,28+/m1/s1. The van der Waals surface area contributed by atoms with Crippen molar-refractivity contribution in [3.05, 3.63) is 0 Å². The minimum atomic E-state index is 0.357. The third-order valence-corrected chi connectivity index (χ3v) is 9.99. The van der Waals surface area contributed by atoms with Crippen LogP contribution in [-0.2, 0) is 0 Å². The van der Waals surface area contributed by atoms with Crippen LogP contribution in [0.5, 0.6) is 0 Å². The largest absolute Gasteiger partial charge is 0.370 e. The van der Waals surface area contributed by atoms with Gasteiger partial charge in [-0.05, 0) is 63.3 Å². The van der Waals surface area contributed by atoms with E-state index in [-0.39, 0.29) is 0 Å². The topological polar surface area (TPSA) is 75.2 Å². The number of hydrogen-bond donors (Lipinski definition) is 2. The van der Waals surface area contributed by atoms with E-state index in [4.69, 9.17) is 5.73 Å². The van der Waals surface area contributed by atoms with Gasteiger partial charge in [-0.25, -0.2) is 0 Å². The minimum Gasteiger partial charge on any atom is -0.370 e. The van der Waals surface area contributed by atoms with Crippen LogP contribution >= 0.6 is 0 Å². The van der Waals surface area contributed by atoms with Crippen LogP contribution in [0.1, 0.15) is 98.8 Å². The third-order valence-electron chi connectivity index (χ3n) is 9.99. The van der Waals surface area contributed by atoms with Crippen molar-refractivity contribution in [2.45, 2.75) is 123 Å². The molecule has 4 aliphatic rings. The summed E-state index contributed by atoms with van der Waals surface area (Å²) in [4.78, 5) is 14.6. The SMILES string of the molecule is CC[C@@H](C)[C@@H]1CN([C@@H](C)CN2CCC[C@H]2CN2C(N)=NC[C@H]2CC(C)C)C(=N)N1CCCC1CCCC1. The Morgan fingerprint density at radius 1 is 1.03 bits per heavy atom. The summed E-state index contributed by atoms with van der Waals surface area (Å²) in [5, 5.41) is 9.20. The fourth-order valence-corrected chi connectivity index (χ4v) is 7.55. The lowest BCUT2D eigenvalue weighted by molar-refractivity contribution is 0.157. The van der Waals surface area contributed by atoms with Gasteiger partial charge in [0, 0.05) is 38.3 Å². The van der Waals surface area contributed by atoms with Crippen LogP contribution in [0.25, 0.3) is 0 Å². The third kappa shape index (κ3) is 6.93. The number of nitrogens with two attached hydrogens (primary N) is 1. The lowest BCUT2D eigenvalue weighted by Crippen LogP contribution is -2.51. The maximum Gasteiger partial charge on any atom is 0.194 e. The van der Waals surface area contributed by atoms with E-state index in [1.54, 1.807) is 0 Å². The molecule has 0 radical (unpaired) electrons. The van der Waals surface area contributed by atoms with Gasteiger partial charge >= 0.3 is 0 Å². The smallest absolute Gasteiger partial charge is 0.194 e. The van der Waals surface area contributed by atoms with Crippen molar-refractivity contribution in [1.29, 1.82) is 5.41 Å². The van der Waals surface area contributed by atoms with Crippen LogP contribution in [0.4, 0.5) is 0 Å². The van der Waals surface area contributed by atoms with Crippen LogP contribution in [0.3, 0.4) is 0 Å².